The molecule has 4 aromatic rings. The Morgan fingerprint density at radius 3 is 2.55 bits per heavy atom. The molecule has 0 aliphatic rings. The number of nitrogens with zero attached hydrogens (tertiary/aromatic N) is 3. The van der Waals surface area contributed by atoms with Crippen molar-refractivity contribution in [2.45, 2.75) is 23.9 Å². The van der Waals surface area contributed by atoms with Gasteiger partial charge < -0.3 is 10.1 Å². The van der Waals surface area contributed by atoms with Crippen molar-refractivity contribution < 1.29 is 22.3 Å². The number of sulfonamides is 1. The zero-order valence-electron chi connectivity index (χ0n) is 20.9. The average Bonchev–Trinajstić information content (AvgIpc) is 3.27. The molecule has 0 bridgehead atoms. The van der Waals surface area contributed by atoms with E-state index in [2.05, 4.69) is 10.3 Å². The molecule has 1 aromatic heterocycles. The molecule has 0 aliphatic heterocycles. The van der Waals surface area contributed by atoms with Gasteiger partial charge in [0, 0.05) is 18.1 Å². The molecule has 0 radical (unpaired) electrons. The maximum absolute atomic E-state index is 14.1. The monoisotopic (exact) mass is 576 g/mol. The predicted molar refractivity (Wildman–Crippen MR) is 148 cm³/mol. The molecule has 12 heteroatoms. The smallest absolute Gasteiger partial charge is 0.243 e. The van der Waals surface area contributed by atoms with E-state index in [0.717, 1.165) is 17.8 Å². The molecule has 38 heavy (non-hydrogen) atoms. The van der Waals surface area contributed by atoms with Crippen molar-refractivity contribution in [1.29, 1.82) is 0 Å². The first-order valence-corrected chi connectivity index (χ1v) is 14.5. The number of aromatic nitrogens is 2. The molecule has 8 nitrogen and oxygen atoms in total. The van der Waals surface area contributed by atoms with Crippen LogP contribution in [-0.2, 0) is 14.8 Å². The summed E-state index contributed by atoms with van der Waals surface area (Å²) < 4.78 is 49.1. The number of amides is 1. The average molecular weight is 577 g/mol. The molecule has 200 valence electrons. The summed E-state index contributed by atoms with van der Waals surface area (Å²) in [5.74, 6) is -0.592. The van der Waals surface area contributed by atoms with Crippen LogP contribution in [0.15, 0.2) is 70.7 Å². The molecule has 0 atom stereocenters. The third-order valence-corrected chi connectivity index (χ3v) is 9.02. The van der Waals surface area contributed by atoms with E-state index < -0.39 is 21.7 Å². The molecule has 0 fully saturated rings. The molecule has 0 saturated carbocycles. The lowest BCUT2D eigenvalue weighted by Gasteiger charge is -2.18. The third kappa shape index (κ3) is 5.65. The van der Waals surface area contributed by atoms with Crippen LogP contribution in [0, 0.1) is 5.82 Å². The number of imidazole rings is 1. The number of hydrogen-bond acceptors (Lipinski definition) is 6. The lowest BCUT2D eigenvalue weighted by molar-refractivity contribution is -0.113. The van der Waals surface area contributed by atoms with E-state index in [0.29, 0.717) is 40.7 Å². The highest BCUT2D eigenvalue weighted by molar-refractivity contribution is 7.99. The highest BCUT2D eigenvalue weighted by Gasteiger charge is 2.24. The van der Waals surface area contributed by atoms with E-state index in [4.69, 9.17) is 16.3 Å². The number of carbonyl (C=O) groups excluding carboxylic acids is 1. The number of thioether (sulfide) groups is 1. The van der Waals surface area contributed by atoms with Gasteiger partial charge in [-0.1, -0.05) is 49.3 Å². The molecule has 0 unspecified atom stereocenters. The number of nitrogens with one attached hydrogen (secondary N) is 1. The number of rotatable bonds is 10. The van der Waals surface area contributed by atoms with Crippen LogP contribution < -0.4 is 10.1 Å². The Morgan fingerprint density at radius 1 is 1.13 bits per heavy atom. The number of carbonyl (C=O) groups is 1. The Bertz CT molecular complexity index is 1590. The van der Waals surface area contributed by atoms with Crippen LogP contribution in [0.1, 0.15) is 13.8 Å². The van der Waals surface area contributed by atoms with Crippen molar-refractivity contribution in [3.8, 4) is 11.4 Å². The molecule has 4 rings (SSSR count). The predicted octanol–water partition coefficient (Wildman–Crippen LogP) is 5.59. The zero-order valence-corrected chi connectivity index (χ0v) is 23.3. The minimum Gasteiger partial charge on any atom is -0.495 e. The fraction of sp³-hybridized carbons (Fsp3) is 0.231. The quantitative estimate of drug-likeness (QED) is 0.247. The zero-order chi connectivity index (χ0) is 27.4. The Labute approximate surface area is 229 Å². The Morgan fingerprint density at radius 2 is 1.87 bits per heavy atom. The van der Waals surface area contributed by atoms with Crippen LogP contribution in [0.25, 0.3) is 16.7 Å². The van der Waals surface area contributed by atoms with Crippen LogP contribution >= 0.6 is 23.4 Å². The number of anilines is 1. The van der Waals surface area contributed by atoms with Crippen molar-refractivity contribution >= 4 is 56.0 Å². The molecular weight excluding hydrogens is 551 g/mol. The Hall–Kier alpha value is -3.12. The van der Waals surface area contributed by atoms with E-state index in [9.17, 15) is 17.6 Å². The minimum atomic E-state index is -3.70. The molecule has 1 N–H and O–H groups in total. The minimum absolute atomic E-state index is 0.0180. The van der Waals surface area contributed by atoms with Gasteiger partial charge in [-0.2, -0.15) is 4.31 Å². The van der Waals surface area contributed by atoms with E-state index in [1.807, 2.05) is 22.8 Å². The second-order valence-corrected chi connectivity index (χ2v) is 11.4. The molecule has 0 saturated heterocycles. The van der Waals surface area contributed by atoms with Crippen LogP contribution in [0.4, 0.5) is 10.1 Å². The van der Waals surface area contributed by atoms with Gasteiger partial charge in [0.25, 0.3) is 0 Å². The largest absolute Gasteiger partial charge is 0.495 e. The molecule has 0 spiro atoms. The first-order valence-electron chi connectivity index (χ1n) is 11.7. The summed E-state index contributed by atoms with van der Waals surface area (Å²) in [5.41, 5.74) is 1.77. The first kappa shape index (κ1) is 27.9. The molecule has 0 aliphatic carbocycles. The molecular formula is C26H26ClFN4O4S2. The summed E-state index contributed by atoms with van der Waals surface area (Å²) in [7, 11) is -2.15. The maximum Gasteiger partial charge on any atom is 0.243 e. The van der Waals surface area contributed by atoms with Crippen molar-refractivity contribution in [3.05, 3.63) is 71.5 Å². The van der Waals surface area contributed by atoms with Gasteiger partial charge in [0.2, 0.25) is 15.9 Å². The molecule has 1 amide bonds. The molecule has 3 aromatic carbocycles. The SMILES string of the molecule is CCN(CC)S(=O)(=O)c1ccc2c(c1)nc(SCC(=O)Nc1ccc(Cl)cc1F)n2-c1ccccc1OC. The summed E-state index contributed by atoms with van der Waals surface area (Å²) in [6, 6.07) is 16.1. The van der Waals surface area contributed by atoms with Gasteiger partial charge in [0.05, 0.1) is 40.2 Å². The lowest BCUT2D eigenvalue weighted by atomic mass is 10.2. The number of benzene rings is 3. The van der Waals surface area contributed by atoms with Gasteiger partial charge in [-0.25, -0.2) is 17.8 Å². The summed E-state index contributed by atoms with van der Waals surface area (Å²) >= 11 is 6.92. The van der Waals surface area contributed by atoms with Crippen LogP contribution in [0.2, 0.25) is 5.02 Å². The van der Waals surface area contributed by atoms with Crippen LogP contribution in [0.5, 0.6) is 5.75 Å². The van der Waals surface area contributed by atoms with Gasteiger partial charge in [-0.05, 0) is 48.5 Å². The number of methoxy groups -OCH3 is 1. The highest BCUT2D eigenvalue weighted by Crippen LogP contribution is 2.34. The standard InChI is InChI=1S/C26H26ClFN4O4S2/c1-4-31(5-2)38(34,35)18-11-13-22-21(15-18)30-26(32(22)23-8-6-7-9-24(23)36-3)37-16-25(33)29-20-12-10-17(27)14-19(20)28/h6-15H,4-5,16H2,1-3H3,(H,29,33). The lowest BCUT2D eigenvalue weighted by Crippen LogP contribution is -2.30. The van der Waals surface area contributed by atoms with Gasteiger partial charge in [0.1, 0.15) is 11.6 Å². The van der Waals surface area contributed by atoms with E-state index in [1.54, 1.807) is 39.2 Å². The maximum atomic E-state index is 14.1. The summed E-state index contributed by atoms with van der Waals surface area (Å²) in [4.78, 5) is 17.5. The van der Waals surface area contributed by atoms with E-state index >= 15 is 0 Å². The van der Waals surface area contributed by atoms with Crippen molar-refractivity contribution in [2.24, 2.45) is 0 Å². The number of fused-ring (bicyclic) bond motifs is 1. The van der Waals surface area contributed by atoms with Gasteiger partial charge in [-0.15, -0.1) is 0 Å². The number of para-hydroxylation sites is 2. The fourth-order valence-corrected chi connectivity index (χ4v) is 6.42. The summed E-state index contributed by atoms with van der Waals surface area (Å²) in [5, 5.41) is 3.20. The summed E-state index contributed by atoms with van der Waals surface area (Å²) in [6.07, 6.45) is 0. The van der Waals surface area contributed by atoms with Crippen molar-refractivity contribution in [2.75, 3.05) is 31.3 Å². The second kappa shape index (κ2) is 11.7. The fourth-order valence-electron chi connectivity index (χ4n) is 3.96. The highest BCUT2D eigenvalue weighted by atomic mass is 35.5. The first-order chi connectivity index (χ1) is 18.2. The number of ether oxygens (including phenoxy) is 1. The van der Waals surface area contributed by atoms with E-state index in [1.165, 1.54) is 22.5 Å². The normalized spacial score (nSPS) is 11.7. The number of halogens is 2. The Balaban J connectivity index is 1.73. The molecule has 1 heterocycles. The third-order valence-electron chi connectivity index (χ3n) is 5.80. The van der Waals surface area contributed by atoms with Gasteiger partial charge in [0.15, 0.2) is 5.16 Å². The Kier molecular flexibility index (Phi) is 8.61. The van der Waals surface area contributed by atoms with Gasteiger partial charge in [-0.3, -0.25) is 9.36 Å². The number of hydrogen-bond donors (Lipinski definition) is 1. The topological polar surface area (TPSA) is 93.5 Å². The van der Waals surface area contributed by atoms with E-state index in [-0.39, 0.29) is 21.4 Å². The van der Waals surface area contributed by atoms with Crippen LogP contribution in [0.3, 0.4) is 0 Å². The van der Waals surface area contributed by atoms with Crippen molar-refractivity contribution in [1.82, 2.24) is 13.9 Å². The second-order valence-electron chi connectivity index (χ2n) is 8.10. The van der Waals surface area contributed by atoms with Crippen molar-refractivity contribution in [3.63, 3.8) is 0 Å². The van der Waals surface area contributed by atoms with Crippen LogP contribution in [-0.4, -0.2) is 54.1 Å². The van der Waals surface area contributed by atoms with Gasteiger partial charge >= 0.3 is 0 Å². The summed E-state index contributed by atoms with van der Waals surface area (Å²) in [6.45, 7) is 4.26.